The summed E-state index contributed by atoms with van der Waals surface area (Å²) in [4.78, 5) is 24.1. The van der Waals surface area contributed by atoms with E-state index in [1.807, 2.05) is 31.2 Å². The number of nitrogens with one attached hydrogen (secondary N) is 2. The van der Waals surface area contributed by atoms with Crippen LogP contribution in [0.2, 0.25) is 0 Å². The van der Waals surface area contributed by atoms with Crippen molar-refractivity contribution < 1.29 is 18.7 Å². The molecule has 1 aliphatic rings. The molecule has 1 saturated carbocycles. The molecule has 0 aliphatic heterocycles. The second kappa shape index (κ2) is 9.59. The SMILES string of the molecule is CCOc1ccc(-c2nnc(S[C@@H](C)C(=O)NC(=O)NC3CCCC3)o2)cc1. The molecular formula is C19H24N4O4S. The topological polar surface area (TPSA) is 106 Å². The van der Waals surface area contributed by atoms with Gasteiger partial charge in [-0.05, 0) is 51.0 Å². The van der Waals surface area contributed by atoms with E-state index in [1.54, 1.807) is 6.92 Å². The number of ether oxygens (including phenoxy) is 1. The van der Waals surface area contributed by atoms with Crippen molar-refractivity contribution in [2.75, 3.05) is 6.61 Å². The molecule has 1 heterocycles. The summed E-state index contributed by atoms with van der Waals surface area (Å²) in [5.74, 6) is 0.722. The van der Waals surface area contributed by atoms with E-state index in [2.05, 4.69) is 20.8 Å². The fourth-order valence-corrected chi connectivity index (χ4v) is 3.63. The molecule has 3 amide bonds. The number of hydrogen-bond donors (Lipinski definition) is 2. The van der Waals surface area contributed by atoms with Crippen molar-refractivity contribution in [3.05, 3.63) is 24.3 Å². The summed E-state index contributed by atoms with van der Waals surface area (Å²) < 4.78 is 11.0. The predicted octanol–water partition coefficient (Wildman–Crippen LogP) is 3.38. The Hall–Kier alpha value is -2.55. The van der Waals surface area contributed by atoms with Crippen LogP contribution in [0.15, 0.2) is 33.9 Å². The lowest BCUT2D eigenvalue weighted by atomic mass is 10.2. The number of carbonyl (C=O) groups is 2. The molecular weight excluding hydrogens is 380 g/mol. The third-order valence-corrected chi connectivity index (χ3v) is 5.33. The Kier molecular flexibility index (Phi) is 6.91. The Morgan fingerprint density at radius 2 is 1.96 bits per heavy atom. The summed E-state index contributed by atoms with van der Waals surface area (Å²) in [5.41, 5.74) is 0.760. The van der Waals surface area contributed by atoms with Gasteiger partial charge in [0.1, 0.15) is 5.75 Å². The predicted molar refractivity (Wildman–Crippen MR) is 105 cm³/mol. The molecule has 3 rings (SSSR count). The second-order valence-corrected chi connectivity index (χ2v) is 7.83. The number of rotatable bonds is 7. The van der Waals surface area contributed by atoms with E-state index < -0.39 is 17.2 Å². The minimum Gasteiger partial charge on any atom is -0.494 e. The van der Waals surface area contributed by atoms with Crippen molar-refractivity contribution >= 4 is 23.7 Å². The lowest BCUT2D eigenvalue weighted by Crippen LogP contribution is -2.45. The lowest BCUT2D eigenvalue weighted by Gasteiger charge is -2.13. The Morgan fingerprint density at radius 3 is 2.64 bits per heavy atom. The first kappa shape index (κ1) is 20.2. The number of amides is 3. The average Bonchev–Trinajstić information content (AvgIpc) is 3.34. The molecule has 2 aromatic rings. The van der Waals surface area contributed by atoms with Gasteiger partial charge in [0.05, 0.1) is 11.9 Å². The van der Waals surface area contributed by atoms with Crippen LogP contribution in [0.25, 0.3) is 11.5 Å². The summed E-state index contributed by atoms with van der Waals surface area (Å²) in [6.07, 6.45) is 4.14. The van der Waals surface area contributed by atoms with Gasteiger partial charge in [-0.15, -0.1) is 10.2 Å². The van der Waals surface area contributed by atoms with Crippen molar-refractivity contribution in [3.63, 3.8) is 0 Å². The number of urea groups is 1. The minimum atomic E-state index is -0.553. The van der Waals surface area contributed by atoms with Gasteiger partial charge in [0, 0.05) is 11.6 Å². The van der Waals surface area contributed by atoms with Crippen LogP contribution in [0, 0.1) is 0 Å². The summed E-state index contributed by atoms with van der Waals surface area (Å²) in [5, 5.41) is 12.9. The fraction of sp³-hybridized carbons (Fsp3) is 0.474. The number of nitrogens with zero attached hydrogens (tertiary/aromatic N) is 2. The molecule has 0 saturated heterocycles. The van der Waals surface area contributed by atoms with Gasteiger partial charge in [-0.25, -0.2) is 4.79 Å². The van der Waals surface area contributed by atoms with Crippen molar-refractivity contribution in [1.82, 2.24) is 20.8 Å². The number of thioether (sulfide) groups is 1. The molecule has 1 aliphatic carbocycles. The smallest absolute Gasteiger partial charge is 0.321 e. The standard InChI is InChI=1S/C19H24N4O4S/c1-3-26-15-10-8-13(9-11-15)17-22-23-19(27-17)28-12(2)16(24)21-18(25)20-14-6-4-5-7-14/h8-12,14H,3-7H2,1-2H3,(H2,20,21,24,25)/t12-/m0/s1. The van der Waals surface area contributed by atoms with Crippen LogP contribution in [0.5, 0.6) is 5.75 Å². The van der Waals surface area contributed by atoms with Gasteiger partial charge < -0.3 is 14.5 Å². The van der Waals surface area contributed by atoms with Gasteiger partial charge >= 0.3 is 6.03 Å². The van der Waals surface area contributed by atoms with Crippen LogP contribution in [-0.2, 0) is 4.79 Å². The molecule has 1 atom stereocenters. The van der Waals surface area contributed by atoms with Crippen LogP contribution >= 0.6 is 11.8 Å². The number of hydrogen-bond acceptors (Lipinski definition) is 7. The summed E-state index contributed by atoms with van der Waals surface area (Å²) in [6.45, 7) is 4.20. The Morgan fingerprint density at radius 1 is 1.25 bits per heavy atom. The van der Waals surface area contributed by atoms with Crippen LogP contribution in [-0.4, -0.2) is 40.0 Å². The molecule has 0 bridgehead atoms. The molecule has 0 spiro atoms. The maximum atomic E-state index is 12.2. The van der Waals surface area contributed by atoms with E-state index in [4.69, 9.17) is 9.15 Å². The summed E-state index contributed by atoms with van der Waals surface area (Å²) in [7, 11) is 0. The van der Waals surface area contributed by atoms with Gasteiger partial charge in [0.25, 0.3) is 5.22 Å². The van der Waals surface area contributed by atoms with Gasteiger partial charge in [-0.1, -0.05) is 24.6 Å². The highest BCUT2D eigenvalue weighted by Gasteiger charge is 2.22. The maximum Gasteiger partial charge on any atom is 0.321 e. The van der Waals surface area contributed by atoms with E-state index in [0.29, 0.717) is 12.5 Å². The van der Waals surface area contributed by atoms with Crippen molar-refractivity contribution in [3.8, 4) is 17.2 Å². The molecule has 28 heavy (non-hydrogen) atoms. The molecule has 1 aromatic heterocycles. The number of benzene rings is 1. The molecule has 2 N–H and O–H groups in total. The summed E-state index contributed by atoms with van der Waals surface area (Å²) >= 11 is 1.11. The number of aromatic nitrogens is 2. The fourth-order valence-electron chi connectivity index (χ4n) is 2.94. The number of carbonyl (C=O) groups excluding carboxylic acids is 2. The molecule has 1 aromatic carbocycles. The van der Waals surface area contributed by atoms with Gasteiger partial charge in [0.15, 0.2) is 0 Å². The largest absolute Gasteiger partial charge is 0.494 e. The second-order valence-electron chi connectivity index (χ2n) is 6.53. The van der Waals surface area contributed by atoms with E-state index in [1.165, 1.54) is 0 Å². The first-order valence-corrected chi connectivity index (χ1v) is 10.3. The third kappa shape index (κ3) is 5.48. The highest BCUT2D eigenvalue weighted by Crippen LogP contribution is 2.27. The van der Waals surface area contributed by atoms with Crippen LogP contribution in [0.3, 0.4) is 0 Å². The van der Waals surface area contributed by atoms with Crippen LogP contribution in [0.1, 0.15) is 39.5 Å². The molecule has 1 fully saturated rings. The van der Waals surface area contributed by atoms with Crippen molar-refractivity contribution in [2.45, 2.75) is 56.0 Å². The van der Waals surface area contributed by atoms with Gasteiger partial charge in [-0.2, -0.15) is 0 Å². The average molecular weight is 404 g/mol. The molecule has 0 radical (unpaired) electrons. The Balaban J connectivity index is 1.51. The quantitative estimate of drug-likeness (QED) is 0.681. The van der Waals surface area contributed by atoms with Gasteiger partial charge in [-0.3, -0.25) is 10.1 Å². The van der Waals surface area contributed by atoms with Crippen LogP contribution in [0.4, 0.5) is 4.79 Å². The molecule has 9 heteroatoms. The zero-order valence-corrected chi connectivity index (χ0v) is 16.8. The zero-order valence-electron chi connectivity index (χ0n) is 15.9. The first-order valence-electron chi connectivity index (χ1n) is 9.40. The Bertz CT molecular complexity index is 803. The third-order valence-electron chi connectivity index (χ3n) is 4.39. The van der Waals surface area contributed by atoms with Gasteiger partial charge in [0.2, 0.25) is 11.8 Å². The summed E-state index contributed by atoms with van der Waals surface area (Å²) in [6, 6.07) is 7.02. The first-order chi connectivity index (χ1) is 13.5. The van der Waals surface area contributed by atoms with E-state index in [-0.39, 0.29) is 11.3 Å². The van der Waals surface area contributed by atoms with Crippen molar-refractivity contribution in [2.24, 2.45) is 0 Å². The molecule has 150 valence electrons. The monoisotopic (exact) mass is 404 g/mol. The lowest BCUT2D eigenvalue weighted by molar-refractivity contribution is -0.119. The van der Waals surface area contributed by atoms with Crippen LogP contribution < -0.4 is 15.4 Å². The normalized spacial score (nSPS) is 15.2. The highest BCUT2D eigenvalue weighted by molar-refractivity contribution is 8.00. The molecule has 8 nitrogen and oxygen atoms in total. The van der Waals surface area contributed by atoms with E-state index >= 15 is 0 Å². The van der Waals surface area contributed by atoms with Crippen molar-refractivity contribution in [1.29, 1.82) is 0 Å². The van der Waals surface area contributed by atoms with E-state index in [0.717, 1.165) is 48.8 Å². The van der Waals surface area contributed by atoms with E-state index in [9.17, 15) is 9.59 Å². The Labute approximate surface area is 167 Å². The molecule has 0 unspecified atom stereocenters. The number of imide groups is 1. The maximum absolute atomic E-state index is 12.2. The highest BCUT2D eigenvalue weighted by atomic mass is 32.2. The minimum absolute atomic E-state index is 0.156. The zero-order chi connectivity index (χ0) is 19.9.